The smallest absolute Gasteiger partial charge is 0.305 e. The van der Waals surface area contributed by atoms with Crippen molar-refractivity contribution in [1.82, 2.24) is 5.32 Å². The van der Waals surface area contributed by atoms with Crippen molar-refractivity contribution in [2.45, 2.75) is 32.1 Å². The molecule has 1 atom stereocenters. The second kappa shape index (κ2) is 9.35. The Hall–Kier alpha value is -2.89. The van der Waals surface area contributed by atoms with Crippen molar-refractivity contribution < 1.29 is 19.1 Å². The number of rotatable bonds is 8. The molecule has 1 N–H and O–H groups in total. The molecule has 148 valence electrons. The van der Waals surface area contributed by atoms with Crippen LogP contribution in [0.15, 0.2) is 42.5 Å². The van der Waals surface area contributed by atoms with Crippen LogP contribution in [-0.4, -0.2) is 38.0 Å². The maximum atomic E-state index is 12.5. The summed E-state index contributed by atoms with van der Waals surface area (Å²) in [6.07, 6.45) is 3.04. The highest BCUT2D eigenvalue weighted by Crippen LogP contribution is 2.31. The molecule has 0 spiro atoms. The topological polar surface area (TPSA) is 75.7 Å². The van der Waals surface area contributed by atoms with Gasteiger partial charge < -0.3 is 15.0 Å². The maximum absolute atomic E-state index is 12.5. The summed E-state index contributed by atoms with van der Waals surface area (Å²) in [7, 11) is 1.38. The molecular weight excluding hydrogens is 356 g/mol. The molecule has 0 bridgehead atoms. The highest BCUT2D eigenvalue weighted by Gasteiger charge is 2.35. The number of esters is 1. The van der Waals surface area contributed by atoms with Crippen LogP contribution in [0.5, 0.6) is 0 Å². The number of unbranched alkanes of at least 4 members (excludes halogenated alkanes) is 2. The summed E-state index contributed by atoms with van der Waals surface area (Å²) in [5.41, 5.74) is 0.862. The van der Waals surface area contributed by atoms with Crippen LogP contribution in [0.4, 0.5) is 5.69 Å². The first-order chi connectivity index (χ1) is 13.6. The van der Waals surface area contributed by atoms with Gasteiger partial charge in [-0.3, -0.25) is 14.4 Å². The lowest BCUT2D eigenvalue weighted by atomic mass is 10.1. The monoisotopic (exact) mass is 382 g/mol. The third-order valence-corrected chi connectivity index (χ3v) is 5.14. The van der Waals surface area contributed by atoms with Crippen molar-refractivity contribution in [2.75, 3.05) is 25.1 Å². The van der Waals surface area contributed by atoms with Crippen LogP contribution in [0.2, 0.25) is 0 Å². The number of hydrogen-bond acceptors (Lipinski definition) is 4. The molecule has 1 fully saturated rings. The molecule has 6 heteroatoms. The lowest BCUT2D eigenvalue weighted by Gasteiger charge is -2.19. The molecule has 0 aromatic heterocycles. The van der Waals surface area contributed by atoms with Gasteiger partial charge in [0.1, 0.15) is 0 Å². The van der Waals surface area contributed by atoms with E-state index in [1.54, 1.807) is 4.90 Å². The Morgan fingerprint density at radius 1 is 1.11 bits per heavy atom. The van der Waals surface area contributed by atoms with E-state index >= 15 is 0 Å². The van der Waals surface area contributed by atoms with E-state index in [1.165, 1.54) is 7.11 Å². The van der Waals surface area contributed by atoms with Crippen molar-refractivity contribution in [3.05, 3.63) is 42.5 Å². The van der Waals surface area contributed by atoms with Gasteiger partial charge in [-0.25, -0.2) is 0 Å². The fraction of sp³-hybridized carbons (Fsp3) is 0.409. The third-order valence-electron chi connectivity index (χ3n) is 5.14. The largest absolute Gasteiger partial charge is 0.469 e. The number of amides is 2. The second-order valence-electron chi connectivity index (χ2n) is 7.08. The van der Waals surface area contributed by atoms with Gasteiger partial charge in [-0.15, -0.1) is 0 Å². The number of fused-ring (bicyclic) bond motifs is 1. The number of hydrogen-bond donors (Lipinski definition) is 1. The van der Waals surface area contributed by atoms with Gasteiger partial charge >= 0.3 is 5.97 Å². The summed E-state index contributed by atoms with van der Waals surface area (Å²) in [5.74, 6) is -0.637. The third kappa shape index (κ3) is 4.68. The van der Waals surface area contributed by atoms with Crippen LogP contribution < -0.4 is 10.2 Å². The molecule has 2 aromatic carbocycles. The minimum atomic E-state index is -0.332. The number of methoxy groups -OCH3 is 1. The minimum Gasteiger partial charge on any atom is -0.469 e. The summed E-state index contributed by atoms with van der Waals surface area (Å²) >= 11 is 0. The standard InChI is InChI=1S/C22H26N2O4/c1-28-21(26)12-3-2-6-13-23-22(27)17-14-20(25)24(15-17)19-11-7-9-16-8-4-5-10-18(16)19/h4-5,7-11,17H,2-3,6,12-15H2,1H3,(H,23,27). The predicted molar refractivity (Wildman–Crippen MR) is 108 cm³/mol. The summed E-state index contributed by atoms with van der Waals surface area (Å²) in [5, 5.41) is 5.02. The average Bonchev–Trinajstić information content (AvgIpc) is 3.11. The van der Waals surface area contributed by atoms with Crippen molar-refractivity contribution in [2.24, 2.45) is 5.92 Å². The van der Waals surface area contributed by atoms with Gasteiger partial charge in [-0.2, -0.15) is 0 Å². The Kier molecular flexibility index (Phi) is 6.63. The molecule has 28 heavy (non-hydrogen) atoms. The van der Waals surface area contributed by atoms with E-state index in [2.05, 4.69) is 10.1 Å². The first kappa shape index (κ1) is 19.9. The number of ether oxygens (including phenoxy) is 1. The molecular formula is C22H26N2O4. The normalized spacial score (nSPS) is 16.4. The summed E-state index contributed by atoms with van der Waals surface area (Å²) in [6, 6.07) is 13.8. The summed E-state index contributed by atoms with van der Waals surface area (Å²) in [6.45, 7) is 0.958. The van der Waals surface area contributed by atoms with Crippen molar-refractivity contribution in [3.63, 3.8) is 0 Å². The second-order valence-corrected chi connectivity index (χ2v) is 7.08. The first-order valence-electron chi connectivity index (χ1n) is 9.73. The lowest BCUT2D eigenvalue weighted by molar-refractivity contribution is -0.140. The molecule has 1 aliphatic heterocycles. The fourth-order valence-corrected chi connectivity index (χ4v) is 3.59. The maximum Gasteiger partial charge on any atom is 0.305 e. The molecule has 1 aliphatic rings. The van der Waals surface area contributed by atoms with Crippen LogP contribution in [-0.2, 0) is 19.1 Å². The van der Waals surface area contributed by atoms with Gasteiger partial charge in [0.15, 0.2) is 0 Å². The van der Waals surface area contributed by atoms with Crippen LogP contribution in [0, 0.1) is 5.92 Å². The molecule has 0 aliphatic carbocycles. The zero-order chi connectivity index (χ0) is 19.9. The van der Waals surface area contributed by atoms with Gasteiger partial charge in [0, 0.05) is 31.3 Å². The van der Waals surface area contributed by atoms with E-state index in [4.69, 9.17) is 0 Å². The van der Waals surface area contributed by atoms with E-state index < -0.39 is 0 Å². The number of carbonyl (C=O) groups excluding carboxylic acids is 3. The first-order valence-corrected chi connectivity index (χ1v) is 9.73. The SMILES string of the molecule is COC(=O)CCCCCNC(=O)C1CC(=O)N(c2cccc3ccccc23)C1. The lowest BCUT2D eigenvalue weighted by Crippen LogP contribution is -2.33. The minimum absolute atomic E-state index is 0.0189. The van der Waals surface area contributed by atoms with Crippen LogP contribution >= 0.6 is 0 Å². The highest BCUT2D eigenvalue weighted by molar-refractivity contribution is 6.06. The van der Waals surface area contributed by atoms with E-state index in [0.29, 0.717) is 19.5 Å². The van der Waals surface area contributed by atoms with E-state index in [-0.39, 0.29) is 30.1 Å². The fourth-order valence-electron chi connectivity index (χ4n) is 3.59. The molecule has 1 saturated heterocycles. The van der Waals surface area contributed by atoms with Crippen molar-refractivity contribution in [1.29, 1.82) is 0 Å². The number of carbonyl (C=O) groups is 3. The van der Waals surface area contributed by atoms with Gasteiger partial charge in [0.2, 0.25) is 11.8 Å². The van der Waals surface area contributed by atoms with Crippen molar-refractivity contribution in [3.8, 4) is 0 Å². The van der Waals surface area contributed by atoms with E-state index in [9.17, 15) is 14.4 Å². The Morgan fingerprint density at radius 3 is 2.71 bits per heavy atom. The average molecular weight is 382 g/mol. The molecule has 1 heterocycles. The van der Waals surface area contributed by atoms with Gasteiger partial charge in [0.05, 0.1) is 18.7 Å². The summed E-state index contributed by atoms with van der Waals surface area (Å²) in [4.78, 5) is 37.8. The molecule has 3 rings (SSSR count). The number of anilines is 1. The van der Waals surface area contributed by atoms with Crippen LogP contribution in [0.25, 0.3) is 10.8 Å². The zero-order valence-corrected chi connectivity index (χ0v) is 16.1. The predicted octanol–water partition coefficient (Wildman–Crippen LogP) is 3.04. The quantitative estimate of drug-likeness (QED) is 0.562. The Morgan fingerprint density at radius 2 is 1.89 bits per heavy atom. The molecule has 2 amide bonds. The molecule has 0 radical (unpaired) electrons. The number of benzene rings is 2. The van der Waals surface area contributed by atoms with E-state index in [0.717, 1.165) is 35.7 Å². The number of nitrogens with one attached hydrogen (secondary N) is 1. The van der Waals surface area contributed by atoms with Crippen molar-refractivity contribution >= 4 is 34.2 Å². The molecule has 6 nitrogen and oxygen atoms in total. The van der Waals surface area contributed by atoms with Crippen LogP contribution in [0.1, 0.15) is 32.1 Å². The molecule has 1 unspecified atom stereocenters. The molecule has 0 saturated carbocycles. The van der Waals surface area contributed by atoms with Gasteiger partial charge in [-0.1, -0.05) is 42.8 Å². The Balaban J connectivity index is 1.51. The van der Waals surface area contributed by atoms with E-state index in [1.807, 2.05) is 42.5 Å². The van der Waals surface area contributed by atoms with Gasteiger partial charge in [0.25, 0.3) is 0 Å². The van der Waals surface area contributed by atoms with Gasteiger partial charge in [-0.05, 0) is 24.3 Å². The zero-order valence-electron chi connectivity index (χ0n) is 16.1. The van der Waals surface area contributed by atoms with Crippen LogP contribution in [0.3, 0.4) is 0 Å². The Labute approximate surface area is 164 Å². The highest BCUT2D eigenvalue weighted by atomic mass is 16.5. The molecule has 2 aromatic rings. The number of nitrogens with zero attached hydrogens (tertiary/aromatic N) is 1. The Bertz CT molecular complexity index is 859. The summed E-state index contributed by atoms with van der Waals surface area (Å²) < 4.78 is 4.60.